The molecule has 6 nitrogen and oxygen atoms in total. The molecule has 1 rings (SSSR count). The number of nitrogens with two attached hydrogens (primary N) is 1. The van der Waals surface area contributed by atoms with Gasteiger partial charge >= 0.3 is 0 Å². The van der Waals surface area contributed by atoms with E-state index in [9.17, 15) is 13.2 Å². The minimum Gasteiger partial charge on any atom is -0.341 e. The maximum atomic E-state index is 12.7. The zero-order valence-electron chi connectivity index (χ0n) is 12.8. The molecule has 1 heterocycles. The van der Waals surface area contributed by atoms with E-state index in [0.717, 1.165) is 0 Å². The van der Waals surface area contributed by atoms with E-state index in [1.165, 1.54) is 10.6 Å². The summed E-state index contributed by atoms with van der Waals surface area (Å²) < 4.78 is 24.6. The van der Waals surface area contributed by atoms with Crippen LogP contribution < -0.4 is 5.73 Å². The summed E-state index contributed by atoms with van der Waals surface area (Å²) in [6.45, 7) is 6.21. The molecule has 0 aromatic carbocycles. The van der Waals surface area contributed by atoms with Crippen LogP contribution in [0.2, 0.25) is 0 Å². The smallest absolute Gasteiger partial charge is 0.230 e. The summed E-state index contributed by atoms with van der Waals surface area (Å²) in [6.07, 6.45) is 3.32. The first-order valence-corrected chi connectivity index (χ1v) is 9.10. The maximum absolute atomic E-state index is 12.7. The van der Waals surface area contributed by atoms with Crippen molar-refractivity contribution in [3.05, 3.63) is 0 Å². The average molecular weight is 305 g/mol. The van der Waals surface area contributed by atoms with Crippen molar-refractivity contribution in [3.63, 3.8) is 0 Å². The normalized spacial score (nSPS) is 18.9. The van der Waals surface area contributed by atoms with E-state index >= 15 is 0 Å². The van der Waals surface area contributed by atoms with Crippen LogP contribution in [0.5, 0.6) is 0 Å². The minimum atomic E-state index is -3.18. The van der Waals surface area contributed by atoms with Gasteiger partial charge in [-0.1, -0.05) is 13.8 Å². The number of nitrogens with zero attached hydrogens (tertiary/aromatic N) is 2. The fourth-order valence-corrected chi connectivity index (χ4v) is 3.57. The molecular formula is C13H27N3O3S. The summed E-state index contributed by atoms with van der Waals surface area (Å²) in [7, 11) is -3.18. The molecule has 2 N–H and O–H groups in total. The molecule has 1 aliphatic rings. The van der Waals surface area contributed by atoms with Crippen LogP contribution in [-0.4, -0.2) is 62.5 Å². The van der Waals surface area contributed by atoms with E-state index in [4.69, 9.17) is 5.73 Å². The number of hydrogen-bond donors (Lipinski definition) is 1. The summed E-state index contributed by atoms with van der Waals surface area (Å²) in [4.78, 5) is 14.5. The summed E-state index contributed by atoms with van der Waals surface area (Å²) in [6, 6.07) is 0. The van der Waals surface area contributed by atoms with Gasteiger partial charge in [-0.05, 0) is 19.3 Å². The Kier molecular flexibility index (Phi) is 5.97. The second kappa shape index (κ2) is 6.87. The molecule has 1 aliphatic heterocycles. The van der Waals surface area contributed by atoms with Crippen molar-refractivity contribution in [3.8, 4) is 0 Å². The van der Waals surface area contributed by atoms with Crippen molar-refractivity contribution in [2.75, 3.05) is 39.0 Å². The zero-order valence-corrected chi connectivity index (χ0v) is 13.6. The van der Waals surface area contributed by atoms with E-state index in [0.29, 0.717) is 52.0 Å². The van der Waals surface area contributed by atoms with Gasteiger partial charge in [0.15, 0.2) is 0 Å². The Bertz CT molecular complexity index is 424. The Balaban J connectivity index is 2.81. The number of sulfonamides is 1. The Labute approximate surface area is 122 Å². The van der Waals surface area contributed by atoms with Crippen LogP contribution in [0.1, 0.15) is 33.1 Å². The van der Waals surface area contributed by atoms with E-state index in [1.54, 1.807) is 4.90 Å². The molecule has 1 amide bonds. The van der Waals surface area contributed by atoms with Gasteiger partial charge in [-0.3, -0.25) is 4.79 Å². The molecule has 0 aromatic heterocycles. The maximum Gasteiger partial charge on any atom is 0.230 e. The fraction of sp³-hybridized carbons (Fsp3) is 0.923. The Morgan fingerprint density at radius 1 is 1.15 bits per heavy atom. The van der Waals surface area contributed by atoms with Gasteiger partial charge in [0.05, 0.1) is 11.7 Å². The van der Waals surface area contributed by atoms with Crippen molar-refractivity contribution >= 4 is 15.9 Å². The van der Waals surface area contributed by atoms with Crippen LogP contribution in [0.3, 0.4) is 0 Å². The van der Waals surface area contributed by atoms with E-state index in [-0.39, 0.29) is 5.91 Å². The molecule has 0 aliphatic carbocycles. The van der Waals surface area contributed by atoms with Crippen LogP contribution >= 0.6 is 0 Å². The quantitative estimate of drug-likeness (QED) is 0.789. The van der Waals surface area contributed by atoms with Gasteiger partial charge < -0.3 is 10.6 Å². The first kappa shape index (κ1) is 17.4. The third kappa shape index (κ3) is 3.71. The SMILES string of the molecule is CCC(CC)(CN)C(=O)N1CCCN(S(C)(=O)=O)CC1. The van der Waals surface area contributed by atoms with Gasteiger partial charge in [0.25, 0.3) is 0 Å². The number of carbonyl (C=O) groups excluding carboxylic acids is 1. The summed E-state index contributed by atoms with van der Waals surface area (Å²) in [5.74, 6) is 0.0698. The molecule has 0 saturated carbocycles. The van der Waals surface area contributed by atoms with E-state index in [1.807, 2.05) is 13.8 Å². The Morgan fingerprint density at radius 2 is 1.75 bits per heavy atom. The van der Waals surface area contributed by atoms with Crippen LogP contribution in [0, 0.1) is 5.41 Å². The van der Waals surface area contributed by atoms with Crippen LogP contribution in [-0.2, 0) is 14.8 Å². The molecule has 0 radical (unpaired) electrons. The van der Waals surface area contributed by atoms with E-state index < -0.39 is 15.4 Å². The van der Waals surface area contributed by atoms with Gasteiger partial charge in [-0.2, -0.15) is 0 Å². The largest absolute Gasteiger partial charge is 0.341 e. The molecule has 118 valence electrons. The van der Waals surface area contributed by atoms with Crippen molar-refractivity contribution in [2.45, 2.75) is 33.1 Å². The first-order valence-electron chi connectivity index (χ1n) is 7.25. The van der Waals surface area contributed by atoms with Crippen molar-refractivity contribution in [2.24, 2.45) is 11.1 Å². The van der Waals surface area contributed by atoms with Crippen molar-refractivity contribution < 1.29 is 13.2 Å². The lowest BCUT2D eigenvalue weighted by molar-refractivity contribution is -0.142. The highest BCUT2D eigenvalue weighted by Crippen LogP contribution is 2.28. The number of rotatable bonds is 5. The van der Waals surface area contributed by atoms with Crippen molar-refractivity contribution in [1.29, 1.82) is 0 Å². The van der Waals surface area contributed by atoms with Crippen LogP contribution in [0.25, 0.3) is 0 Å². The predicted molar refractivity (Wildman–Crippen MR) is 79.7 cm³/mol. The van der Waals surface area contributed by atoms with Gasteiger partial charge in [0.2, 0.25) is 15.9 Å². The first-order chi connectivity index (χ1) is 9.30. The summed E-state index contributed by atoms with van der Waals surface area (Å²) >= 11 is 0. The molecule has 0 bridgehead atoms. The lowest BCUT2D eigenvalue weighted by atomic mass is 9.81. The molecule has 1 saturated heterocycles. The number of hydrogen-bond acceptors (Lipinski definition) is 4. The van der Waals surface area contributed by atoms with E-state index in [2.05, 4.69) is 0 Å². The van der Waals surface area contributed by atoms with Crippen molar-refractivity contribution in [1.82, 2.24) is 9.21 Å². The molecule has 20 heavy (non-hydrogen) atoms. The van der Waals surface area contributed by atoms with Gasteiger partial charge in [0, 0.05) is 32.7 Å². The molecule has 0 atom stereocenters. The summed E-state index contributed by atoms with van der Waals surface area (Å²) in [5, 5.41) is 0. The summed E-state index contributed by atoms with van der Waals surface area (Å²) in [5.41, 5.74) is 5.32. The van der Waals surface area contributed by atoms with Crippen LogP contribution in [0.4, 0.5) is 0 Å². The average Bonchev–Trinajstić information content (AvgIpc) is 2.66. The second-order valence-corrected chi connectivity index (χ2v) is 7.48. The highest BCUT2D eigenvalue weighted by Gasteiger charge is 2.37. The Morgan fingerprint density at radius 3 is 2.20 bits per heavy atom. The monoisotopic (exact) mass is 305 g/mol. The highest BCUT2D eigenvalue weighted by atomic mass is 32.2. The topological polar surface area (TPSA) is 83.7 Å². The number of amides is 1. The third-order valence-electron chi connectivity index (χ3n) is 4.41. The van der Waals surface area contributed by atoms with Gasteiger partial charge in [0.1, 0.15) is 0 Å². The highest BCUT2D eigenvalue weighted by molar-refractivity contribution is 7.88. The third-order valence-corrected chi connectivity index (χ3v) is 5.71. The standard InChI is InChI=1S/C13H27N3O3S/c1-4-13(5-2,11-14)12(17)15-7-6-8-16(10-9-15)20(3,18)19/h4-11,14H2,1-3H3. The second-order valence-electron chi connectivity index (χ2n) is 5.50. The lowest BCUT2D eigenvalue weighted by Crippen LogP contribution is -2.48. The fourth-order valence-electron chi connectivity index (χ4n) is 2.69. The molecule has 7 heteroatoms. The Hall–Kier alpha value is -0.660. The number of carbonyl (C=O) groups is 1. The van der Waals surface area contributed by atoms with Gasteiger partial charge in [-0.15, -0.1) is 0 Å². The molecule has 0 spiro atoms. The minimum absolute atomic E-state index is 0.0698. The molecular weight excluding hydrogens is 278 g/mol. The van der Waals surface area contributed by atoms with Gasteiger partial charge in [-0.25, -0.2) is 12.7 Å². The molecule has 0 aromatic rings. The molecule has 0 unspecified atom stereocenters. The zero-order chi connectivity index (χ0) is 15.4. The lowest BCUT2D eigenvalue weighted by Gasteiger charge is -2.34. The van der Waals surface area contributed by atoms with Crippen LogP contribution in [0.15, 0.2) is 0 Å². The molecule has 1 fully saturated rings. The predicted octanol–water partition coefficient (Wildman–Crippen LogP) is 0.245.